The van der Waals surface area contributed by atoms with Gasteiger partial charge in [0.1, 0.15) is 5.75 Å². The second-order valence-electron chi connectivity index (χ2n) is 7.87. The lowest BCUT2D eigenvalue weighted by Gasteiger charge is -2.15. The molecule has 0 unspecified atom stereocenters. The quantitative estimate of drug-likeness (QED) is 0.468. The monoisotopic (exact) mass is 404 g/mol. The average Bonchev–Trinajstić information content (AvgIpc) is 3.01. The van der Waals surface area contributed by atoms with E-state index in [0.29, 0.717) is 12.1 Å². The molecule has 2 aromatic carbocycles. The molecular weight excluding hydrogens is 372 g/mol. The van der Waals surface area contributed by atoms with Crippen molar-refractivity contribution in [2.75, 3.05) is 7.11 Å². The number of hydrogen-bond acceptors (Lipinski definition) is 2. The molecule has 0 saturated carbocycles. The van der Waals surface area contributed by atoms with Crippen LogP contribution >= 0.6 is 0 Å². The number of nitrogens with two attached hydrogens (primary N) is 1. The normalized spacial score (nSPS) is 10.9. The molecule has 1 heterocycles. The van der Waals surface area contributed by atoms with Crippen LogP contribution in [0.5, 0.6) is 5.75 Å². The number of aryl methyl sites for hydroxylation is 1. The van der Waals surface area contributed by atoms with Crippen molar-refractivity contribution < 1.29 is 9.53 Å². The highest BCUT2D eigenvalue weighted by Crippen LogP contribution is 2.35. The molecule has 0 bridgehead atoms. The zero-order chi connectivity index (χ0) is 21.7. The molecule has 0 aliphatic heterocycles. The van der Waals surface area contributed by atoms with Crippen molar-refractivity contribution >= 4 is 5.91 Å². The Morgan fingerprint density at radius 2 is 1.73 bits per heavy atom. The number of hydrogen-bond donors (Lipinski definition) is 1. The van der Waals surface area contributed by atoms with Gasteiger partial charge >= 0.3 is 0 Å². The van der Waals surface area contributed by atoms with E-state index in [-0.39, 0.29) is 5.91 Å². The van der Waals surface area contributed by atoms with Crippen molar-refractivity contribution in [1.82, 2.24) is 4.57 Å². The van der Waals surface area contributed by atoms with Crippen LogP contribution in [0.4, 0.5) is 0 Å². The summed E-state index contributed by atoms with van der Waals surface area (Å²) in [6.45, 7) is 6.91. The first-order valence-corrected chi connectivity index (χ1v) is 10.7. The predicted molar refractivity (Wildman–Crippen MR) is 123 cm³/mol. The van der Waals surface area contributed by atoms with Crippen LogP contribution in [0.25, 0.3) is 11.1 Å². The molecule has 1 aromatic heterocycles. The highest BCUT2D eigenvalue weighted by atomic mass is 16.5. The smallest absolute Gasteiger partial charge is 0.251 e. The highest BCUT2D eigenvalue weighted by molar-refractivity contribution is 6.02. The van der Waals surface area contributed by atoms with Crippen molar-refractivity contribution in [3.05, 3.63) is 76.6 Å². The summed E-state index contributed by atoms with van der Waals surface area (Å²) in [5, 5.41) is 0. The molecular formula is C26H32N2O2. The molecule has 1 amide bonds. The van der Waals surface area contributed by atoms with E-state index in [9.17, 15) is 4.79 Å². The van der Waals surface area contributed by atoms with Crippen molar-refractivity contribution in [3.63, 3.8) is 0 Å². The van der Waals surface area contributed by atoms with E-state index in [4.69, 9.17) is 10.5 Å². The van der Waals surface area contributed by atoms with Crippen LogP contribution in [-0.4, -0.2) is 17.6 Å². The van der Waals surface area contributed by atoms with E-state index < -0.39 is 0 Å². The molecule has 0 radical (unpaired) electrons. The van der Waals surface area contributed by atoms with Crippen LogP contribution < -0.4 is 10.5 Å². The maximum atomic E-state index is 12.5. The van der Waals surface area contributed by atoms with E-state index in [2.05, 4.69) is 48.7 Å². The Labute approximate surface area is 179 Å². The fourth-order valence-corrected chi connectivity index (χ4v) is 4.15. The van der Waals surface area contributed by atoms with Gasteiger partial charge < -0.3 is 15.0 Å². The van der Waals surface area contributed by atoms with Crippen molar-refractivity contribution in [2.24, 2.45) is 5.73 Å². The summed E-state index contributed by atoms with van der Waals surface area (Å²) in [6.07, 6.45) is 4.27. The Morgan fingerprint density at radius 1 is 1.03 bits per heavy atom. The van der Waals surface area contributed by atoms with Gasteiger partial charge in [-0.2, -0.15) is 0 Å². The first-order valence-electron chi connectivity index (χ1n) is 10.7. The van der Waals surface area contributed by atoms with Crippen LogP contribution in [-0.2, 0) is 13.0 Å². The Hall–Kier alpha value is -3.01. The van der Waals surface area contributed by atoms with Gasteiger partial charge in [-0.3, -0.25) is 4.79 Å². The molecule has 3 rings (SSSR count). The summed E-state index contributed by atoms with van der Waals surface area (Å²) >= 11 is 0. The van der Waals surface area contributed by atoms with E-state index in [1.54, 1.807) is 7.11 Å². The Kier molecular flexibility index (Phi) is 6.99. The van der Waals surface area contributed by atoms with Crippen LogP contribution in [0, 0.1) is 13.8 Å². The SMILES string of the molecule is CCCCCc1c(-c2ccc(C)cc2)c(C(N)=O)c(C)n1Cc1ccccc1OC. The summed E-state index contributed by atoms with van der Waals surface area (Å²) < 4.78 is 7.83. The zero-order valence-corrected chi connectivity index (χ0v) is 18.5. The van der Waals surface area contributed by atoms with Crippen molar-refractivity contribution in [1.29, 1.82) is 0 Å². The summed E-state index contributed by atoms with van der Waals surface area (Å²) in [4.78, 5) is 12.5. The van der Waals surface area contributed by atoms with Gasteiger partial charge in [0.15, 0.2) is 0 Å². The molecule has 0 fully saturated rings. The van der Waals surface area contributed by atoms with E-state index in [0.717, 1.165) is 53.8 Å². The number of benzene rings is 2. The molecule has 2 N–H and O–H groups in total. The lowest BCUT2D eigenvalue weighted by atomic mass is 9.96. The molecule has 0 spiro atoms. The maximum absolute atomic E-state index is 12.5. The summed E-state index contributed by atoms with van der Waals surface area (Å²) in [5.74, 6) is 0.473. The van der Waals surface area contributed by atoms with Gasteiger partial charge in [0.25, 0.3) is 5.91 Å². The molecule has 4 nitrogen and oxygen atoms in total. The van der Waals surface area contributed by atoms with E-state index in [1.807, 2.05) is 25.1 Å². The third-order valence-electron chi connectivity index (χ3n) is 5.76. The fraction of sp³-hybridized carbons (Fsp3) is 0.346. The number of primary amides is 1. The molecule has 0 aliphatic carbocycles. The average molecular weight is 405 g/mol. The Bertz CT molecular complexity index is 1020. The minimum atomic E-state index is -0.376. The number of aromatic nitrogens is 1. The number of rotatable bonds is 9. The van der Waals surface area contributed by atoms with Crippen molar-refractivity contribution in [3.8, 4) is 16.9 Å². The molecule has 0 atom stereocenters. The largest absolute Gasteiger partial charge is 0.496 e. The topological polar surface area (TPSA) is 57.2 Å². The lowest BCUT2D eigenvalue weighted by molar-refractivity contribution is 0.1000. The van der Waals surface area contributed by atoms with Crippen LogP contribution in [0.3, 0.4) is 0 Å². The number of para-hydroxylation sites is 1. The van der Waals surface area contributed by atoms with Gasteiger partial charge in [-0.05, 0) is 38.3 Å². The molecule has 158 valence electrons. The molecule has 4 heteroatoms. The molecule has 0 saturated heterocycles. The van der Waals surface area contributed by atoms with Gasteiger partial charge in [-0.1, -0.05) is 67.8 Å². The summed E-state index contributed by atoms with van der Waals surface area (Å²) in [7, 11) is 1.69. The number of carbonyl (C=O) groups is 1. The maximum Gasteiger partial charge on any atom is 0.251 e. The van der Waals surface area contributed by atoms with E-state index >= 15 is 0 Å². The van der Waals surface area contributed by atoms with Gasteiger partial charge in [0.05, 0.1) is 19.2 Å². The van der Waals surface area contributed by atoms with Crippen LogP contribution in [0.15, 0.2) is 48.5 Å². The number of ether oxygens (including phenoxy) is 1. The molecule has 30 heavy (non-hydrogen) atoms. The first-order chi connectivity index (χ1) is 14.5. The predicted octanol–water partition coefficient (Wildman–Crippen LogP) is 5.66. The zero-order valence-electron chi connectivity index (χ0n) is 18.5. The minimum absolute atomic E-state index is 0.376. The van der Waals surface area contributed by atoms with Crippen LogP contribution in [0.2, 0.25) is 0 Å². The number of methoxy groups -OCH3 is 1. The lowest BCUT2D eigenvalue weighted by Crippen LogP contribution is -2.13. The Morgan fingerprint density at radius 3 is 2.37 bits per heavy atom. The molecule has 0 aliphatic rings. The number of unbranched alkanes of at least 4 members (excludes halogenated alkanes) is 2. The third kappa shape index (κ3) is 4.43. The first kappa shape index (κ1) is 21.7. The Balaban J connectivity index is 2.20. The second kappa shape index (κ2) is 9.66. The number of nitrogens with zero attached hydrogens (tertiary/aromatic N) is 1. The van der Waals surface area contributed by atoms with E-state index in [1.165, 1.54) is 11.3 Å². The standard InChI is InChI=1S/C26H32N2O2/c1-5-6-7-11-22-25(20-15-13-18(2)14-16-20)24(26(27)29)19(3)28(22)17-21-10-8-9-12-23(21)30-4/h8-10,12-16H,5-7,11,17H2,1-4H3,(H2,27,29). The van der Waals surface area contributed by atoms with Crippen molar-refractivity contribution in [2.45, 2.75) is 53.0 Å². The third-order valence-corrected chi connectivity index (χ3v) is 5.76. The highest BCUT2D eigenvalue weighted by Gasteiger charge is 2.25. The van der Waals surface area contributed by atoms with Gasteiger partial charge in [-0.15, -0.1) is 0 Å². The summed E-state index contributed by atoms with van der Waals surface area (Å²) in [5.41, 5.74) is 12.9. The number of amides is 1. The fourth-order valence-electron chi connectivity index (χ4n) is 4.15. The minimum Gasteiger partial charge on any atom is -0.496 e. The van der Waals surface area contributed by atoms with Gasteiger partial charge in [0.2, 0.25) is 0 Å². The van der Waals surface area contributed by atoms with Gasteiger partial charge in [0, 0.05) is 22.5 Å². The molecule has 3 aromatic rings. The summed E-state index contributed by atoms with van der Waals surface area (Å²) in [6, 6.07) is 16.4. The second-order valence-corrected chi connectivity index (χ2v) is 7.87. The van der Waals surface area contributed by atoms with Gasteiger partial charge in [-0.25, -0.2) is 0 Å². The number of carbonyl (C=O) groups excluding carboxylic acids is 1. The van der Waals surface area contributed by atoms with Crippen LogP contribution in [0.1, 0.15) is 59.1 Å².